The van der Waals surface area contributed by atoms with Gasteiger partial charge in [0, 0.05) is 7.05 Å². The Labute approximate surface area is 151 Å². The predicted molar refractivity (Wildman–Crippen MR) is 88.6 cm³/mol. The highest BCUT2D eigenvalue weighted by atomic mass is 16.5. The fraction of sp³-hybridized carbons (Fsp3) is 0.688. The van der Waals surface area contributed by atoms with E-state index in [2.05, 4.69) is 16.0 Å². The molecule has 0 bridgehead atoms. The zero-order chi connectivity index (χ0) is 19.3. The molecule has 1 spiro atoms. The van der Waals surface area contributed by atoms with Gasteiger partial charge >= 0.3 is 12.0 Å². The Bertz CT molecular complexity index is 622. The van der Waals surface area contributed by atoms with Gasteiger partial charge in [-0.2, -0.15) is 0 Å². The van der Waals surface area contributed by atoms with Gasteiger partial charge in [-0.3, -0.25) is 24.1 Å². The van der Waals surface area contributed by atoms with E-state index >= 15 is 0 Å². The molecular formula is C16H24N4O6. The highest BCUT2D eigenvalue weighted by Crippen LogP contribution is 2.38. The fourth-order valence-corrected chi connectivity index (χ4v) is 3.28. The van der Waals surface area contributed by atoms with Crippen LogP contribution >= 0.6 is 0 Å². The number of rotatable bonds is 6. The summed E-state index contributed by atoms with van der Waals surface area (Å²) < 4.78 is 4.77. The van der Waals surface area contributed by atoms with E-state index in [1.165, 1.54) is 7.05 Å². The summed E-state index contributed by atoms with van der Waals surface area (Å²) in [5.74, 6) is -2.35. The van der Waals surface area contributed by atoms with E-state index in [4.69, 9.17) is 4.74 Å². The van der Waals surface area contributed by atoms with Gasteiger partial charge in [0.1, 0.15) is 12.1 Å². The lowest BCUT2D eigenvalue weighted by atomic mass is 9.73. The number of amides is 5. The van der Waals surface area contributed by atoms with Crippen LogP contribution in [0.25, 0.3) is 0 Å². The second kappa shape index (κ2) is 8.15. The molecule has 10 nitrogen and oxygen atoms in total. The third kappa shape index (κ3) is 4.12. The van der Waals surface area contributed by atoms with Crippen LogP contribution in [-0.4, -0.2) is 66.9 Å². The normalized spacial score (nSPS) is 25.0. The number of nitrogens with zero attached hydrogens (tertiary/aromatic N) is 1. The minimum Gasteiger partial charge on any atom is -0.454 e. The first kappa shape index (κ1) is 19.7. The van der Waals surface area contributed by atoms with E-state index in [0.29, 0.717) is 6.42 Å². The molecule has 0 aromatic heterocycles. The SMILES string of the molecule is CNC(=O)CNC(=O)COC(=O)CN1C(=O)N[C@@]2(CCCC[C@@H]2C)C1=O. The van der Waals surface area contributed by atoms with Crippen molar-refractivity contribution in [2.45, 2.75) is 38.1 Å². The maximum atomic E-state index is 12.7. The maximum Gasteiger partial charge on any atom is 0.326 e. The molecule has 2 fully saturated rings. The summed E-state index contributed by atoms with van der Waals surface area (Å²) in [5, 5.41) is 7.32. The Kier molecular flexibility index (Phi) is 6.17. The number of hydrogen-bond acceptors (Lipinski definition) is 6. The van der Waals surface area contributed by atoms with Gasteiger partial charge in [-0.05, 0) is 18.8 Å². The van der Waals surface area contributed by atoms with E-state index in [1.54, 1.807) is 0 Å². The van der Waals surface area contributed by atoms with Crippen molar-refractivity contribution in [1.82, 2.24) is 20.9 Å². The number of carbonyl (C=O) groups is 5. The van der Waals surface area contributed by atoms with Crippen LogP contribution in [-0.2, 0) is 23.9 Å². The van der Waals surface area contributed by atoms with Gasteiger partial charge in [-0.15, -0.1) is 0 Å². The number of esters is 1. The van der Waals surface area contributed by atoms with Crippen LogP contribution in [0.1, 0.15) is 32.6 Å². The zero-order valence-electron chi connectivity index (χ0n) is 14.9. The Morgan fingerprint density at radius 2 is 2.00 bits per heavy atom. The second-order valence-corrected chi connectivity index (χ2v) is 6.55. The molecule has 1 saturated heterocycles. The van der Waals surface area contributed by atoms with E-state index in [0.717, 1.165) is 24.2 Å². The number of imide groups is 1. The van der Waals surface area contributed by atoms with E-state index in [9.17, 15) is 24.0 Å². The standard InChI is InChI=1S/C16H24N4O6/c1-10-5-3-4-6-16(10)14(24)20(15(25)19-16)8-13(23)26-9-12(22)18-7-11(21)17-2/h10H,3-9H2,1-2H3,(H,17,21)(H,18,22)(H,19,25)/t10-,16+/m0/s1. The van der Waals surface area contributed by atoms with Crippen LogP contribution in [0, 0.1) is 5.92 Å². The number of carbonyl (C=O) groups excluding carboxylic acids is 5. The molecule has 2 rings (SSSR count). The van der Waals surface area contributed by atoms with Gasteiger partial charge in [0.05, 0.1) is 6.54 Å². The quantitative estimate of drug-likeness (QED) is 0.402. The average Bonchev–Trinajstić information content (AvgIpc) is 2.85. The van der Waals surface area contributed by atoms with Gasteiger partial charge < -0.3 is 20.7 Å². The van der Waals surface area contributed by atoms with Crippen molar-refractivity contribution in [1.29, 1.82) is 0 Å². The number of nitrogens with one attached hydrogen (secondary N) is 3. The van der Waals surface area contributed by atoms with Crippen LogP contribution < -0.4 is 16.0 Å². The highest BCUT2D eigenvalue weighted by Gasteiger charge is 2.55. The molecule has 3 N–H and O–H groups in total. The van der Waals surface area contributed by atoms with Gasteiger partial charge in [-0.1, -0.05) is 19.8 Å². The monoisotopic (exact) mass is 368 g/mol. The molecule has 144 valence electrons. The molecule has 0 aromatic rings. The molecule has 0 aromatic carbocycles. The van der Waals surface area contributed by atoms with Gasteiger partial charge in [-0.25, -0.2) is 4.79 Å². The van der Waals surface area contributed by atoms with Crippen molar-refractivity contribution in [3.05, 3.63) is 0 Å². The molecule has 0 radical (unpaired) electrons. The topological polar surface area (TPSA) is 134 Å². The summed E-state index contributed by atoms with van der Waals surface area (Å²) in [4.78, 5) is 60.1. The van der Waals surface area contributed by atoms with Crippen LogP contribution in [0.2, 0.25) is 0 Å². The Balaban J connectivity index is 1.85. The van der Waals surface area contributed by atoms with Crippen molar-refractivity contribution in [2.24, 2.45) is 5.92 Å². The second-order valence-electron chi connectivity index (χ2n) is 6.55. The minimum atomic E-state index is -0.944. The number of urea groups is 1. The average molecular weight is 368 g/mol. The molecule has 1 aliphatic heterocycles. The van der Waals surface area contributed by atoms with Gasteiger partial charge in [0.2, 0.25) is 5.91 Å². The Hall–Kier alpha value is -2.65. The Morgan fingerprint density at radius 1 is 1.27 bits per heavy atom. The van der Waals surface area contributed by atoms with Crippen LogP contribution in [0.5, 0.6) is 0 Å². The summed E-state index contributed by atoms with van der Waals surface area (Å²) in [6.45, 7) is 0.527. The predicted octanol–water partition coefficient (Wildman–Crippen LogP) is -1.11. The fourth-order valence-electron chi connectivity index (χ4n) is 3.28. The van der Waals surface area contributed by atoms with Crippen LogP contribution in [0.15, 0.2) is 0 Å². The van der Waals surface area contributed by atoms with E-state index in [-0.39, 0.29) is 12.5 Å². The van der Waals surface area contributed by atoms with Crippen molar-refractivity contribution in [3.8, 4) is 0 Å². The summed E-state index contributed by atoms with van der Waals surface area (Å²) in [7, 11) is 1.42. The zero-order valence-corrected chi connectivity index (χ0v) is 14.9. The lowest BCUT2D eigenvalue weighted by Crippen LogP contribution is -2.54. The molecule has 2 aliphatic rings. The molecule has 26 heavy (non-hydrogen) atoms. The molecule has 2 atom stereocenters. The van der Waals surface area contributed by atoms with Gasteiger partial charge in [0.25, 0.3) is 11.8 Å². The largest absolute Gasteiger partial charge is 0.454 e. The van der Waals surface area contributed by atoms with Crippen molar-refractivity contribution in [2.75, 3.05) is 26.7 Å². The lowest BCUT2D eigenvalue weighted by Gasteiger charge is -2.36. The molecule has 1 saturated carbocycles. The number of likely N-dealkylation sites (N-methyl/N-ethyl adjacent to an activating group) is 1. The molecule has 5 amide bonds. The van der Waals surface area contributed by atoms with Crippen molar-refractivity contribution in [3.63, 3.8) is 0 Å². The van der Waals surface area contributed by atoms with Crippen molar-refractivity contribution < 1.29 is 28.7 Å². The van der Waals surface area contributed by atoms with Gasteiger partial charge in [0.15, 0.2) is 6.61 Å². The lowest BCUT2D eigenvalue weighted by molar-refractivity contribution is -0.151. The maximum absolute atomic E-state index is 12.7. The molecular weight excluding hydrogens is 344 g/mol. The molecule has 0 unspecified atom stereocenters. The van der Waals surface area contributed by atoms with Crippen molar-refractivity contribution >= 4 is 29.7 Å². The van der Waals surface area contributed by atoms with E-state index < -0.39 is 48.4 Å². The first-order chi connectivity index (χ1) is 12.3. The highest BCUT2D eigenvalue weighted by molar-refractivity contribution is 6.09. The molecule has 10 heteroatoms. The first-order valence-electron chi connectivity index (χ1n) is 8.57. The molecule has 1 heterocycles. The number of ether oxygens (including phenoxy) is 1. The first-order valence-corrected chi connectivity index (χ1v) is 8.57. The summed E-state index contributed by atoms with van der Waals surface area (Å²) in [6, 6.07) is -0.621. The Morgan fingerprint density at radius 3 is 2.65 bits per heavy atom. The summed E-state index contributed by atoms with van der Waals surface area (Å²) in [6.07, 6.45) is 3.21. The number of hydrogen-bond donors (Lipinski definition) is 3. The van der Waals surface area contributed by atoms with E-state index in [1.807, 2.05) is 6.92 Å². The van der Waals surface area contributed by atoms with Crippen LogP contribution in [0.4, 0.5) is 4.79 Å². The molecule has 1 aliphatic carbocycles. The summed E-state index contributed by atoms with van der Waals surface area (Å²) >= 11 is 0. The third-order valence-corrected chi connectivity index (χ3v) is 4.88. The third-order valence-electron chi connectivity index (χ3n) is 4.88. The summed E-state index contributed by atoms with van der Waals surface area (Å²) in [5.41, 5.74) is -0.944. The minimum absolute atomic E-state index is 0.00999. The smallest absolute Gasteiger partial charge is 0.326 e. The van der Waals surface area contributed by atoms with Crippen LogP contribution in [0.3, 0.4) is 0 Å².